The first-order valence-electron chi connectivity index (χ1n) is 1.63. The summed E-state index contributed by atoms with van der Waals surface area (Å²) in [7, 11) is 1.59. The maximum Gasteiger partial charge on any atom is 1.00 e. The Balaban J connectivity index is -0.00000000833. The van der Waals surface area contributed by atoms with E-state index in [9.17, 15) is 4.79 Å². The number of nitrogens with one attached hydrogen (secondary N) is 1. The zero-order valence-corrected chi connectivity index (χ0v) is 15.9. The van der Waals surface area contributed by atoms with Crippen LogP contribution in [0.4, 0.5) is 0 Å². The van der Waals surface area contributed by atoms with Gasteiger partial charge in [0.05, 0.1) is 6.54 Å². The molecule has 0 unspecified atom stereocenters. The summed E-state index contributed by atoms with van der Waals surface area (Å²) in [4.78, 5) is 9.54. The maximum absolute atomic E-state index is 9.54. The van der Waals surface area contributed by atoms with Crippen LogP contribution in [0.5, 0.6) is 0 Å². The molecule has 0 aromatic carbocycles. The summed E-state index contributed by atoms with van der Waals surface area (Å²) >= 11 is 0. The molecule has 0 saturated carbocycles. The molecule has 2 N–H and O–H groups in total. The van der Waals surface area contributed by atoms with Crippen LogP contribution in [0.3, 0.4) is 0 Å². The standard InChI is InChI=1S/C3H7NO2.3K.3H/c1-4-2-3(5)6;;;;;;/h4H,2H2,1H3,(H,5,6);;;;;;/q;3*+1;3*-1. The summed E-state index contributed by atoms with van der Waals surface area (Å²) in [6.45, 7) is 0.0417. The summed E-state index contributed by atoms with van der Waals surface area (Å²) in [5.41, 5.74) is 0. The van der Waals surface area contributed by atoms with Crippen molar-refractivity contribution < 1.29 is 168 Å². The number of carbonyl (C=O) groups is 1. The average Bonchev–Trinajstić information content (AvgIpc) is 1.35. The van der Waals surface area contributed by atoms with Gasteiger partial charge in [-0.15, -0.1) is 0 Å². The van der Waals surface area contributed by atoms with E-state index in [0.29, 0.717) is 0 Å². The van der Waals surface area contributed by atoms with Crippen molar-refractivity contribution in [1.29, 1.82) is 0 Å². The summed E-state index contributed by atoms with van der Waals surface area (Å²) in [5.74, 6) is -0.822. The van der Waals surface area contributed by atoms with Crippen LogP contribution in [0.25, 0.3) is 0 Å². The Morgan fingerprint density at radius 2 is 1.89 bits per heavy atom. The van der Waals surface area contributed by atoms with E-state index in [-0.39, 0.29) is 165 Å². The minimum atomic E-state index is -0.822. The van der Waals surface area contributed by atoms with Crippen LogP contribution in [-0.2, 0) is 4.79 Å². The maximum atomic E-state index is 9.54. The minimum Gasteiger partial charge on any atom is -1.00 e. The minimum absolute atomic E-state index is 0. The molecule has 0 bridgehead atoms. The molecule has 0 saturated heterocycles. The van der Waals surface area contributed by atoms with Gasteiger partial charge in [-0.05, 0) is 7.05 Å². The molecule has 9 heavy (non-hydrogen) atoms. The van der Waals surface area contributed by atoms with Crippen molar-refractivity contribution in [3.05, 3.63) is 0 Å². The van der Waals surface area contributed by atoms with Crippen LogP contribution < -0.4 is 159 Å². The fourth-order valence-electron chi connectivity index (χ4n) is 0.151. The van der Waals surface area contributed by atoms with E-state index in [2.05, 4.69) is 5.32 Å². The number of hydrogen-bond donors (Lipinski definition) is 2. The fraction of sp³-hybridized carbons (Fsp3) is 0.667. The predicted molar refractivity (Wildman–Crippen MR) is 24.9 cm³/mol. The zero-order valence-electron chi connectivity index (χ0n) is 9.56. The molecule has 0 spiro atoms. The van der Waals surface area contributed by atoms with Crippen LogP contribution in [0, 0.1) is 0 Å². The van der Waals surface area contributed by atoms with Gasteiger partial charge >= 0.3 is 160 Å². The number of rotatable bonds is 2. The summed E-state index contributed by atoms with van der Waals surface area (Å²) < 4.78 is 0. The molecule has 0 rings (SSSR count). The Bertz CT molecular complexity index is 70.8. The van der Waals surface area contributed by atoms with Crippen LogP contribution >= 0.6 is 0 Å². The molecular formula is C3H10K3NO2. The molecular weight excluding hydrogens is 199 g/mol. The average molecular weight is 209 g/mol. The summed E-state index contributed by atoms with van der Waals surface area (Å²) in [5, 5.41) is 10.3. The second kappa shape index (κ2) is 18.2. The van der Waals surface area contributed by atoms with Gasteiger partial charge in [0, 0.05) is 0 Å². The second-order valence-corrected chi connectivity index (χ2v) is 0.924. The summed E-state index contributed by atoms with van der Waals surface area (Å²) in [6, 6.07) is 0. The predicted octanol–water partition coefficient (Wildman–Crippen LogP) is -9.36. The molecule has 6 heteroatoms. The summed E-state index contributed by atoms with van der Waals surface area (Å²) in [6.07, 6.45) is 0. The van der Waals surface area contributed by atoms with Crippen LogP contribution in [0.1, 0.15) is 4.28 Å². The molecule has 0 atom stereocenters. The van der Waals surface area contributed by atoms with Crippen LogP contribution in [0.15, 0.2) is 0 Å². The molecule has 0 aliphatic rings. The first-order valence-corrected chi connectivity index (χ1v) is 1.63. The van der Waals surface area contributed by atoms with E-state index < -0.39 is 5.97 Å². The molecule has 0 fully saturated rings. The topological polar surface area (TPSA) is 49.3 Å². The number of aliphatic carboxylic acids is 1. The largest absolute Gasteiger partial charge is 1.00 e. The molecule has 3 nitrogen and oxygen atoms in total. The third-order valence-electron chi connectivity index (χ3n) is 0.328. The van der Waals surface area contributed by atoms with Crippen molar-refractivity contribution in [2.24, 2.45) is 0 Å². The van der Waals surface area contributed by atoms with Gasteiger partial charge in [-0.2, -0.15) is 0 Å². The van der Waals surface area contributed by atoms with Gasteiger partial charge in [0.15, 0.2) is 0 Å². The third-order valence-corrected chi connectivity index (χ3v) is 0.328. The molecule has 0 aromatic rings. The van der Waals surface area contributed by atoms with Crippen molar-refractivity contribution in [3.63, 3.8) is 0 Å². The monoisotopic (exact) mass is 209 g/mol. The molecule has 0 amide bonds. The van der Waals surface area contributed by atoms with Gasteiger partial charge < -0.3 is 14.7 Å². The molecule has 0 aliphatic heterocycles. The van der Waals surface area contributed by atoms with Crippen molar-refractivity contribution in [2.75, 3.05) is 13.6 Å². The third kappa shape index (κ3) is 24.5. The Labute approximate surface area is 187 Å². The Morgan fingerprint density at radius 3 is 1.89 bits per heavy atom. The number of likely N-dealkylation sites (N-methyl/N-ethyl adjacent to an activating group) is 1. The Kier molecular flexibility index (Phi) is 47.1. The van der Waals surface area contributed by atoms with E-state index in [0.717, 1.165) is 0 Å². The van der Waals surface area contributed by atoms with Crippen LogP contribution in [-0.4, -0.2) is 24.7 Å². The smallest absolute Gasteiger partial charge is 1.00 e. The quantitative estimate of drug-likeness (QED) is 0.444. The van der Waals surface area contributed by atoms with Gasteiger partial charge in [0.1, 0.15) is 0 Å². The second-order valence-electron chi connectivity index (χ2n) is 0.924. The Hall–Kier alpha value is 4.34. The van der Waals surface area contributed by atoms with Gasteiger partial charge in [-0.1, -0.05) is 0 Å². The van der Waals surface area contributed by atoms with E-state index in [1.165, 1.54) is 0 Å². The fourth-order valence-corrected chi connectivity index (χ4v) is 0.151. The Morgan fingerprint density at radius 1 is 1.56 bits per heavy atom. The normalized spacial score (nSPS) is 5.44. The van der Waals surface area contributed by atoms with Crippen molar-refractivity contribution in [1.82, 2.24) is 5.32 Å². The van der Waals surface area contributed by atoms with E-state index in [1.54, 1.807) is 7.05 Å². The van der Waals surface area contributed by atoms with E-state index in [4.69, 9.17) is 5.11 Å². The van der Waals surface area contributed by atoms with E-state index in [1.807, 2.05) is 0 Å². The molecule has 0 radical (unpaired) electrons. The molecule has 0 aliphatic carbocycles. The SMILES string of the molecule is CNCC(=O)O.[H-].[H-].[H-].[K+].[K+].[K+]. The van der Waals surface area contributed by atoms with Crippen molar-refractivity contribution >= 4 is 5.97 Å². The molecule has 42 valence electrons. The number of carboxylic acids is 1. The molecule has 0 aromatic heterocycles. The first kappa shape index (κ1) is 23.3. The van der Waals surface area contributed by atoms with Gasteiger partial charge in [-0.3, -0.25) is 4.79 Å². The molecule has 0 heterocycles. The van der Waals surface area contributed by atoms with E-state index >= 15 is 0 Å². The number of hydrogen-bond acceptors (Lipinski definition) is 2. The van der Waals surface area contributed by atoms with Crippen LogP contribution in [0.2, 0.25) is 0 Å². The first-order chi connectivity index (χ1) is 2.77. The zero-order chi connectivity index (χ0) is 4.99. The van der Waals surface area contributed by atoms with Gasteiger partial charge in [0.2, 0.25) is 0 Å². The van der Waals surface area contributed by atoms with Gasteiger partial charge in [-0.25, -0.2) is 0 Å². The van der Waals surface area contributed by atoms with Crippen molar-refractivity contribution in [2.45, 2.75) is 0 Å². The van der Waals surface area contributed by atoms with Crippen molar-refractivity contribution in [3.8, 4) is 0 Å². The number of carboxylic acid groups (broad SMARTS) is 1. The van der Waals surface area contributed by atoms with Gasteiger partial charge in [0.25, 0.3) is 0 Å².